The van der Waals surface area contributed by atoms with Gasteiger partial charge >= 0.3 is 0 Å². The van der Waals surface area contributed by atoms with Crippen LogP contribution in [0.1, 0.15) is 25.3 Å². The van der Waals surface area contributed by atoms with E-state index in [1.165, 1.54) is 6.07 Å². The van der Waals surface area contributed by atoms with Crippen LogP contribution in [0.2, 0.25) is 5.02 Å². The third kappa shape index (κ3) is 5.02. The predicted octanol–water partition coefficient (Wildman–Crippen LogP) is 3.16. The number of halogens is 2. The molecular formula is C13H19ClFNO. The molecule has 1 aromatic rings. The van der Waals surface area contributed by atoms with Crippen LogP contribution in [0.4, 0.5) is 4.39 Å². The SMILES string of the molecule is COC(C)CCC(N)Cc1ccc(Cl)c(F)c1. The number of hydrogen-bond acceptors (Lipinski definition) is 2. The Kier molecular flexibility index (Phi) is 5.89. The molecule has 0 radical (unpaired) electrons. The van der Waals surface area contributed by atoms with E-state index in [1.54, 1.807) is 13.2 Å². The van der Waals surface area contributed by atoms with Gasteiger partial charge in [-0.25, -0.2) is 4.39 Å². The van der Waals surface area contributed by atoms with E-state index in [9.17, 15) is 4.39 Å². The quantitative estimate of drug-likeness (QED) is 0.852. The van der Waals surface area contributed by atoms with Crippen molar-refractivity contribution in [2.75, 3.05) is 7.11 Å². The number of methoxy groups -OCH3 is 1. The van der Waals surface area contributed by atoms with E-state index in [-0.39, 0.29) is 23.0 Å². The first-order valence-electron chi connectivity index (χ1n) is 5.75. The summed E-state index contributed by atoms with van der Waals surface area (Å²) in [5.74, 6) is -0.387. The van der Waals surface area contributed by atoms with E-state index in [2.05, 4.69) is 0 Å². The van der Waals surface area contributed by atoms with Crippen molar-refractivity contribution < 1.29 is 9.13 Å². The highest BCUT2D eigenvalue weighted by Gasteiger charge is 2.08. The van der Waals surface area contributed by atoms with Gasteiger partial charge in [-0.2, -0.15) is 0 Å². The molecule has 0 spiro atoms. The van der Waals surface area contributed by atoms with E-state index < -0.39 is 0 Å². The van der Waals surface area contributed by atoms with E-state index in [0.29, 0.717) is 6.42 Å². The summed E-state index contributed by atoms with van der Waals surface area (Å²) in [5.41, 5.74) is 6.86. The fourth-order valence-corrected chi connectivity index (χ4v) is 1.76. The second kappa shape index (κ2) is 6.94. The van der Waals surface area contributed by atoms with E-state index >= 15 is 0 Å². The number of benzene rings is 1. The molecule has 1 aromatic carbocycles. The molecule has 0 aliphatic carbocycles. The summed E-state index contributed by atoms with van der Waals surface area (Å²) in [6.07, 6.45) is 2.64. The number of nitrogens with two attached hydrogens (primary N) is 1. The van der Waals surface area contributed by atoms with Crippen molar-refractivity contribution in [3.05, 3.63) is 34.6 Å². The van der Waals surface area contributed by atoms with Crippen molar-refractivity contribution >= 4 is 11.6 Å². The third-order valence-corrected chi connectivity index (χ3v) is 3.13. The van der Waals surface area contributed by atoms with Crippen LogP contribution in [-0.2, 0) is 11.2 Å². The predicted molar refractivity (Wildman–Crippen MR) is 68.8 cm³/mol. The average Bonchev–Trinajstić information content (AvgIpc) is 2.31. The summed E-state index contributed by atoms with van der Waals surface area (Å²) < 4.78 is 18.4. The lowest BCUT2D eigenvalue weighted by atomic mass is 10.0. The largest absolute Gasteiger partial charge is 0.382 e. The second-order valence-electron chi connectivity index (χ2n) is 4.34. The smallest absolute Gasteiger partial charge is 0.142 e. The minimum atomic E-state index is -0.387. The first kappa shape index (κ1) is 14.4. The molecule has 0 aliphatic rings. The van der Waals surface area contributed by atoms with Crippen molar-refractivity contribution in [1.29, 1.82) is 0 Å². The van der Waals surface area contributed by atoms with Gasteiger partial charge < -0.3 is 10.5 Å². The first-order valence-corrected chi connectivity index (χ1v) is 6.13. The van der Waals surface area contributed by atoms with Crippen LogP contribution in [-0.4, -0.2) is 19.3 Å². The molecule has 0 amide bonds. The Labute approximate surface area is 107 Å². The molecule has 4 heteroatoms. The van der Waals surface area contributed by atoms with Gasteiger partial charge in [0.1, 0.15) is 5.82 Å². The monoisotopic (exact) mass is 259 g/mol. The van der Waals surface area contributed by atoms with Crippen LogP contribution in [0.3, 0.4) is 0 Å². The van der Waals surface area contributed by atoms with Gasteiger partial charge in [0, 0.05) is 13.2 Å². The average molecular weight is 260 g/mol. The lowest BCUT2D eigenvalue weighted by molar-refractivity contribution is 0.107. The Morgan fingerprint density at radius 2 is 2.12 bits per heavy atom. The highest BCUT2D eigenvalue weighted by atomic mass is 35.5. The summed E-state index contributed by atoms with van der Waals surface area (Å²) in [6, 6.07) is 4.84. The maximum Gasteiger partial charge on any atom is 0.142 e. The molecule has 0 aromatic heterocycles. The minimum Gasteiger partial charge on any atom is -0.382 e. The van der Waals surface area contributed by atoms with Gasteiger partial charge in [-0.05, 0) is 43.9 Å². The maximum absolute atomic E-state index is 13.2. The van der Waals surface area contributed by atoms with Crippen LogP contribution >= 0.6 is 11.6 Å². The summed E-state index contributed by atoms with van der Waals surface area (Å²) in [7, 11) is 1.69. The molecular weight excluding hydrogens is 241 g/mol. The van der Waals surface area contributed by atoms with Gasteiger partial charge in [0.25, 0.3) is 0 Å². The Morgan fingerprint density at radius 1 is 1.41 bits per heavy atom. The number of rotatable bonds is 6. The van der Waals surface area contributed by atoms with Crippen LogP contribution in [0, 0.1) is 5.82 Å². The van der Waals surface area contributed by atoms with Crippen LogP contribution < -0.4 is 5.73 Å². The summed E-state index contributed by atoms with van der Waals surface area (Å²) >= 11 is 5.62. The fourth-order valence-electron chi connectivity index (χ4n) is 1.64. The zero-order valence-corrected chi connectivity index (χ0v) is 11.0. The molecule has 0 saturated carbocycles. The normalized spacial score (nSPS) is 14.6. The molecule has 0 fully saturated rings. The zero-order valence-electron chi connectivity index (χ0n) is 10.2. The Morgan fingerprint density at radius 3 is 2.71 bits per heavy atom. The molecule has 2 N–H and O–H groups in total. The molecule has 96 valence electrons. The molecule has 0 bridgehead atoms. The zero-order chi connectivity index (χ0) is 12.8. The van der Waals surface area contributed by atoms with Crippen molar-refractivity contribution in [2.24, 2.45) is 5.73 Å². The molecule has 1 rings (SSSR count). The van der Waals surface area contributed by atoms with Gasteiger partial charge in [0.05, 0.1) is 11.1 Å². The van der Waals surface area contributed by atoms with Crippen LogP contribution in [0.5, 0.6) is 0 Å². The van der Waals surface area contributed by atoms with E-state index in [0.717, 1.165) is 18.4 Å². The second-order valence-corrected chi connectivity index (χ2v) is 4.74. The summed E-state index contributed by atoms with van der Waals surface area (Å²) in [5, 5.41) is 0.148. The Hall–Kier alpha value is -0.640. The van der Waals surface area contributed by atoms with Crippen LogP contribution in [0.15, 0.2) is 18.2 Å². The lowest BCUT2D eigenvalue weighted by Gasteiger charge is -2.14. The van der Waals surface area contributed by atoms with Gasteiger partial charge in [0.15, 0.2) is 0 Å². The minimum absolute atomic E-state index is 0.0215. The fraction of sp³-hybridized carbons (Fsp3) is 0.538. The van der Waals surface area contributed by atoms with E-state index in [1.807, 2.05) is 13.0 Å². The van der Waals surface area contributed by atoms with Gasteiger partial charge in [-0.1, -0.05) is 17.7 Å². The summed E-state index contributed by atoms with van der Waals surface area (Å²) in [6.45, 7) is 2.01. The molecule has 17 heavy (non-hydrogen) atoms. The highest BCUT2D eigenvalue weighted by Crippen LogP contribution is 2.17. The third-order valence-electron chi connectivity index (χ3n) is 2.83. The molecule has 2 nitrogen and oxygen atoms in total. The number of ether oxygens (including phenoxy) is 1. The van der Waals surface area contributed by atoms with Crippen molar-refractivity contribution in [2.45, 2.75) is 38.3 Å². The maximum atomic E-state index is 13.2. The summed E-state index contributed by atoms with van der Waals surface area (Å²) in [4.78, 5) is 0. The molecule has 2 unspecified atom stereocenters. The number of hydrogen-bond donors (Lipinski definition) is 1. The molecule has 0 heterocycles. The Bertz CT molecular complexity index is 359. The lowest BCUT2D eigenvalue weighted by Crippen LogP contribution is -2.24. The van der Waals surface area contributed by atoms with Crippen molar-refractivity contribution in [3.63, 3.8) is 0 Å². The molecule has 2 atom stereocenters. The molecule has 0 saturated heterocycles. The first-order chi connectivity index (χ1) is 8.02. The van der Waals surface area contributed by atoms with Crippen molar-refractivity contribution in [3.8, 4) is 0 Å². The van der Waals surface area contributed by atoms with Crippen LogP contribution in [0.25, 0.3) is 0 Å². The Balaban J connectivity index is 2.44. The van der Waals surface area contributed by atoms with Gasteiger partial charge in [-0.15, -0.1) is 0 Å². The highest BCUT2D eigenvalue weighted by molar-refractivity contribution is 6.30. The standard InChI is InChI=1S/C13H19ClFNO/c1-9(17-2)3-5-11(16)7-10-4-6-12(14)13(15)8-10/h4,6,8-9,11H,3,5,7,16H2,1-2H3. The van der Waals surface area contributed by atoms with Gasteiger partial charge in [-0.3, -0.25) is 0 Å². The van der Waals surface area contributed by atoms with Crippen molar-refractivity contribution in [1.82, 2.24) is 0 Å². The van der Waals surface area contributed by atoms with Gasteiger partial charge in [0.2, 0.25) is 0 Å². The molecule has 0 aliphatic heterocycles. The topological polar surface area (TPSA) is 35.2 Å². The van der Waals surface area contributed by atoms with E-state index in [4.69, 9.17) is 22.1 Å².